The van der Waals surface area contributed by atoms with E-state index in [2.05, 4.69) is 6.58 Å². The van der Waals surface area contributed by atoms with E-state index in [4.69, 9.17) is 9.15 Å². The second-order valence-electron chi connectivity index (χ2n) is 6.24. The molecule has 134 valence electrons. The molecule has 0 amide bonds. The van der Waals surface area contributed by atoms with Crippen molar-refractivity contribution >= 4 is 22.7 Å². The Morgan fingerprint density at radius 2 is 1.96 bits per heavy atom. The van der Waals surface area contributed by atoms with Crippen LogP contribution in [0.5, 0.6) is 0 Å². The molecule has 5 nitrogen and oxygen atoms in total. The van der Waals surface area contributed by atoms with E-state index in [0.717, 1.165) is 16.8 Å². The van der Waals surface area contributed by atoms with Gasteiger partial charge in [-0.05, 0) is 32.9 Å². The first-order valence-corrected chi connectivity index (χ1v) is 8.40. The Morgan fingerprint density at radius 1 is 1.23 bits per heavy atom. The zero-order valence-corrected chi connectivity index (χ0v) is 15.2. The lowest BCUT2D eigenvalue weighted by atomic mass is 10.1. The fraction of sp³-hybridized carbons (Fsp3) is 0.238. The quantitative estimate of drug-likeness (QED) is 0.375. The number of furan rings is 1. The van der Waals surface area contributed by atoms with Crippen molar-refractivity contribution in [1.29, 1.82) is 0 Å². The van der Waals surface area contributed by atoms with Crippen LogP contribution in [-0.2, 0) is 11.3 Å². The zero-order valence-electron chi connectivity index (χ0n) is 15.2. The number of fused-ring (bicyclic) bond motifs is 1. The minimum Gasteiger partial charge on any atom is -0.451 e. The number of para-hydroxylation sites is 1. The molecule has 2 heterocycles. The molecule has 3 rings (SSSR count). The third-order valence-electron chi connectivity index (χ3n) is 4.55. The Kier molecular flexibility index (Phi) is 4.80. The molecule has 0 bridgehead atoms. The van der Waals surface area contributed by atoms with Gasteiger partial charge in [0.25, 0.3) is 0 Å². The molecule has 0 atom stereocenters. The van der Waals surface area contributed by atoms with E-state index in [9.17, 15) is 9.59 Å². The van der Waals surface area contributed by atoms with Gasteiger partial charge in [-0.25, -0.2) is 4.79 Å². The van der Waals surface area contributed by atoms with Gasteiger partial charge in [-0.15, -0.1) is 6.58 Å². The molecule has 0 aliphatic rings. The number of rotatable bonds is 6. The molecule has 5 heteroatoms. The molecular weight excluding hydrogens is 330 g/mol. The minimum absolute atomic E-state index is 0.135. The Balaban J connectivity index is 1.75. The molecule has 0 aliphatic carbocycles. The van der Waals surface area contributed by atoms with Gasteiger partial charge in [0.05, 0.1) is 0 Å². The number of esters is 1. The molecule has 1 aromatic carbocycles. The number of Topliss-reactive ketones (excluding diaryl/α,β-unsaturated/α-hetero) is 1. The van der Waals surface area contributed by atoms with Gasteiger partial charge in [0.2, 0.25) is 11.5 Å². The molecule has 0 radical (unpaired) electrons. The number of benzene rings is 1. The van der Waals surface area contributed by atoms with Crippen LogP contribution < -0.4 is 0 Å². The maximum absolute atomic E-state index is 12.5. The third-order valence-corrected chi connectivity index (χ3v) is 4.55. The first-order valence-electron chi connectivity index (χ1n) is 8.40. The average Bonchev–Trinajstić information content (AvgIpc) is 3.12. The predicted molar refractivity (Wildman–Crippen MR) is 99.7 cm³/mol. The van der Waals surface area contributed by atoms with E-state index >= 15 is 0 Å². The van der Waals surface area contributed by atoms with Gasteiger partial charge in [-0.3, -0.25) is 4.79 Å². The normalized spacial score (nSPS) is 10.9. The summed E-state index contributed by atoms with van der Waals surface area (Å²) in [6.45, 7) is 9.62. The van der Waals surface area contributed by atoms with Crippen LogP contribution in [0.4, 0.5) is 0 Å². The number of allylic oxidation sites excluding steroid dienone is 1. The fourth-order valence-corrected chi connectivity index (χ4v) is 3.14. The maximum Gasteiger partial charge on any atom is 0.375 e. The summed E-state index contributed by atoms with van der Waals surface area (Å²) in [5, 5.41) is 0.860. The largest absolute Gasteiger partial charge is 0.451 e. The van der Waals surface area contributed by atoms with E-state index in [0.29, 0.717) is 23.3 Å². The zero-order chi connectivity index (χ0) is 18.8. The summed E-state index contributed by atoms with van der Waals surface area (Å²) in [4.78, 5) is 24.8. The van der Waals surface area contributed by atoms with Crippen molar-refractivity contribution in [3.63, 3.8) is 0 Å². The summed E-state index contributed by atoms with van der Waals surface area (Å²) in [6, 6.07) is 9.19. The number of aromatic nitrogens is 1. The highest BCUT2D eigenvalue weighted by Gasteiger charge is 2.21. The van der Waals surface area contributed by atoms with Gasteiger partial charge >= 0.3 is 5.97 Å². The minimum atomic E-state index is -0.632. The fourth-order valence-electron chi connectivity index (χ4n) is 3.14. The highest BCUT2D eigenvalue weighted by atomic mass is 16.5. The first kappa shape index (κ1) is 17.7. The molecule has 0 spiro atoms. The van der Waals surface area contributed by atoms with Crippen molar-refractivity contribution in [3.8, 4) is 0 Å². The first-order chi connectivity index (χ1) is 12.4. The van der Waals surface area contributed by atoms with Gasteiger partial charge in [0.15, 0.2) is 6.61 Å². The highest BCUT2D eigenvalue weighted by molar-refractivity contribution is 6.01. The summed E-state index contributed by atoms with van der Waals surface area (Å²) >= 11 is 0. The molecule has 2 aromatic heterocycles. The predicted octanol–water partition coefficient (Wildman–Crippen LogP) is 4.39. The van der Waals surface area contributed by atoms with Gasteiger partial charge in [0.1, 0.15) is 5.58 Å². The van der Waals surface area contributed by atoms with E-state index in [1.54, 1.807) is 25.1 Å². The second kappa shape index (κ2) is 7.04. The van der Waals surface area contributed by atoms with Crippen LogP contribution in [-0.4, -0.2) is 22.9 Å². The number of hydrogen-bond donors (Lipinski definition) is 0. The van der Waals surface area contributed by atoms with Gasteiger partial charge in [0, 0.05) is 34.4 Å². The molecule has 3 aromatic rings. The van der Waals surface area contributed by atoms with Gasteiger partial charge < -0.3 is 13.7 Å². The van der Waals surface area contributed by atoms with Crippen LogP contribution in [0.25, 0.3) is 11.0 Å². The molecule has 0 N–H and O–H groups in total. The lowest BCUT2D eigenvalue weighted by molar-refractivity contribution is 0.0445. The summed E-state index contributed by atoms with van der Waals surface area (Å²) in [6.07, 6.45) is 1.78. The van der Waals surface area contributed by atoms with Crippen molar-refractivity contribution in [3.05, 3.63) is 71.3 Å². The van der Waals surface area contributed by atoms with Gasteiger partial charge in [-0.1, -0.05) is 24.3 Å². The van der Waals surface area contributed by atoms with Crippen molar-refractivity contribution in [2.45, 2.75) is 27.3 Å². The molecule has 26 heavy (non-hydrogen) atoms. The molecular formula is C21H21NO4. The maximum atomic E-state index is 12.5. The van der Waals surface area contributed by atoms with Crippen LogP contribution in [0, 0.1) is 20.8 Å². The van der Waals surface area contributed by atoms with Crippen LogP contribution in [0.1, 0.15) is 37.9 Å². The monoisotopic (exact) mass is 351 g/mol. The number of carbonyl (C=O) groups excluding carboxylic acids is 2. The topological polar surface area (TPSA) is 61.4 Å². The Bertz CT molecular complexity index is 1010. The van der Waals surface area contributed by atoms with E-state index < -0.39 is 5.97 Å². The summed E-state index contributed by atoms with van der Waals surface area (Å²) < 4.78 is 12.8. The van der Waals surface area contributed by atoms with Crippen LogP contribution in [0.2, 0.25) is 0 Å². The highest BCUT2D eigenvalue weighted by Crippen LogP contribution is 2.25. The summed E-state index contributed by atoms with van der Waals surface area (Å²) in [7, 11) is 0. The molecule has 0 fully saturated rings. The smallest absolute Gasteiger partial charge is 0.375 e. The van der Waals surface area contributed by atoms with Crippen molar-refractivity contribution in [2.24, 2.45) is 0 Å². The summed E-state index contributed by atoms with van der Waals surface area (Å²) in [5.74, 6) is -0.737. The van der Waals surface area contributed by atoms with Gasteiger partial charge in [-0.2, -0.15) is 0 Å². The number of ketones is 1. The lowest BCUT2D eigenvalue weighted by Gasteiger charge is -2.06. The molecule has 0 unspecified atom stereocenters. The Hall–Kier alpha value is -3.08. The standard InChI is InChI=1S/C21H21NO4/c1-5-10-22-13(2)11-17(15(22)4)18(23)12-25-21(24)20-14(3)16-8-6-7-9-19(16)26-20/h5-9,11H,1,10,12H2,2-4H3. The number of hydrogen-bond acceptors (Lipinski definition) is 4. The van der Waals surface area contributed by atoms with Crippen LogP contribution in [0.15, 0.2) is 47.4 Å². The number of ether oxygens (including phenoxy) is 1. The molecule has 0 saturated carbocycles. The average molecular weight is 351 g/mol. The lowest BCUT2D eigenvalue weighted by Crippen LogP contribution is -2.15. The Labute approximate surface area is 151 Å². The molecule has 0 aliphatic heterocycles. The van der Waals surface area contributed by atoms with Crippen molar-refractivity contribution in [2.75, 3.05) is 6.61 Å². The SMILES string of the molecule is C=CCn1c(C)cc(C(=O)COC(=O)c2oc3ccccc3c2C)c1C. The van der Waals surface area contributed by atoms with E-state index in [1.807, 2.05) is 36.6 Å². The van der Waals surface area contributed by atoms with E-state index in [1.165, 1.54) is 0 Å². The third kappa shape index (κ3) is 3.08. The van der Waals surface area contributed by atoms with Crippen molar-refractivity contribution in [1.82, 2.24) is 4.57 Å². The number of aryl methyl sites for hydroxylation is 2. The second-order valence-corrected chi connectivity index (χ2v) is 6.24. The van der Waals surface area contributed by atoms with E-state index in [-0.39, 0.29) is 18.2 Å². The number of carbonyl (C=O) groups is 2. The van der Waals surface area contributed by atoms with Crippen molar-refractivity contribution < 1.29 is 18.7 Å². The van der Waals surface area contributed by atoms with Crippen LogP contribution in [0.3, 0.4) is 0 Å². The summed E-state index contributed by atoms with van der Waals surface area (Å²) in [5.41, 5.74) is 3.69. The molecule has 0 saturated heterocycles. The number of nitrogens with zero attached hydrogens (tertiary/aromatic N) is 1. The van der Waals surface area contributed by atoms with Crippen LogP contribution >= 0.6 is 0 Å². The Morgan fingerprint density at radius 3 is 2.65 bits per heavy atom.